The van der Waals surface area contributed by atoms with Crippen molar-refractivity contribution in [1.82, 2.24) is 9.88 Å². The molecule has 0 saturated heterocycles. The van der Waals surface area contributed by atoms with Crippen molar-refractivity contribution in [2.45, 2.75) is 12.9 Å². The van der Waals surface area contributed by atoms with Crippen molar-refractivity contribution in [3.05, 3.63) is 41.8 Å². The number of methoxy groups -OCH3 is 1. The van der Waals surface area contributed by atoms with Crippen molar-refractivity contribution in [1.29, 1.82) is 0 Å². The molecule has 0 N–H and O–H groups in total. The Morgan fingerprint density at radius 1 is 1.21 bits per heavy atom. The molecule has 0 fully saturated rings. The van der Waals surface area contributed by atoms with E-state index in [0.717, 1.165) is 12.1 Å². The van der Waals surface area contributed by atoms with Crippen LogP contribution < -0.4 is 9.47 Å². The van der Waals surface area contributed by atoms with Gasteiger partial charge in [-0.2, -0.15) is 0 Å². The number of likely N-dealkylation sites (N-methyl/N-ethyl adjacent to an activating group) is 1. The monoisotopic (exact) mass is 402 g/mol. The molecule has 2 rings (SSSR count). The quantitative estimate of drug-likeness (QED) is 0.364. The van der Waals surface area contributed by atoms with Crippen LogP contribution in [-0.4, -0.2) is 50.0 Å². The van der Waals surface area contributed by atoms with Crippen molar-refractivity contribution in [2.75, 3.05) is 27.3 Å². The number of ether oxygens (including phenoxy) is 3. The fraction of sp³-hybridized carbons (Fsp3) is 0.333. The molecular weight excluding hydrogens is 384 g/mol. The molecule has 1 aromatic carbocycles. The van der Waals surface area contributed by atoms with Crippen molar-refractivity contribution in [3.63, 3.8) is 0 Å². The number of carbonyl (C=O) groups excluding carboxylic acids is 1. The topological polar surface area (TPSA) is 60.9 Å². The minimum atomic E-state index is -5.00. The lowest BCUT2D eigenvalue weighted by molar-refractivity contribution is -0.275. The average Bonchev–Trinajstić information content (AvgIpc) is 2.62. The Morgan fingerprint density at radius 3 is 2.61 bits per heavy atom. The first-order valence-corrected chi connectivity index (χ1v) is 8.06. The first kappa shape index (κ1) is 21.4. The zero-order chi connectivity index (χ0) is 20.7. The summed E-state index contributed by atoms with van der Waals surface area (Å²) in [7, 11) is 3.22. The summed E-state index contributed by atoms with van der Waals surface area (Å²) in [5.41, 5.74) is 1.40. The second kappa shape index (κ2) is 9.36. The number of rotatable bonds is 9. The maximum absolute atomic E-state index is 13.6. The fourth-order valence-corrected chi connectivity index (χ4v) is 2.47. The Morgan fingerprint density at radius 2 is 1.96 bits per heavy atom. The Bertz CT molecular complexity index is 815. The van der Waals surface area contributed by atoms with Gasteiger partial charge in [0.25, 0.3) is 6.47 Å². The Kier molecular flexibility index (Phi) is 7.16. The van der Waals surface area contributed by atoms with E-state index in [2.05, 4.69) is 14.5 Å². The largest absolute Gasteiger partial charge is 0.573 e. The molecule has 152 valence electrons. The van der Waals surface area contributed by atoms with Gasteiger partial charge in [-0.05, 0) is 30.8 Å². The van der Waals surface area contributed by atoms with Crippen LogP contribution in [0.5, 0.6) is 11.6 Å². The molecule has 0 aliphatic carbocycles. The number of hydrogen-bond donors (Lipinski definition) is 0. The van der Waals surface area contributed by atoms with Gasteiger partial charge in [0.05, 0.1) is 7.11 Å². The summed E-state index contributed by atoms with van der Waals surface area (Å²) < 4.78 is 64.5. The Hall–Kier alpha value is -2.88. The third-order valence-electron chi connectivity index (χ3n) is 3.71. The van der Waals surface area contributed by atoms with Crippen LogP contribution in [0.15, 0.2) is 30.5 Å². The van der Waals surface area contributed by atoms with E-state index in [4.69, 9.17) is 4.74 Å². The normalized spacial score (nSPS) is 11.4. The second-order valence-electron chi connectivity index (χ2n) is 5.79. The molecular formula is C18H18F4N2O4. The maximum Gasteiger partial charge on any atom is 0.573 e. The molecule has 0 unspecified atom stereocenters. The van der Waals surface area contributed by atoms with E-state index < -0.39 is 17.9 Å². The predicted molar refractivity (Wildman–Crippen MR) is 91.2 cm³/mol. The molecule has 0 atom stereocenters. The molecule has 1 aromatic heterocycles. The van der Waals surface area contributed by atoms with Gasteiger partial charge in [-0.15, -0.1) is 13.2 Å². The zero-order valence-corrected chi connectivity index (χ0v) is 15.1. The maximum atomic E-state index is 13.6. The summed E-state index contributed by atoms with van der Waals surface area (Å²) in [5, 5.41) is 0. The van der Waals surface area contributed by atoms with E-state index in [0.29, 0.717) is 42.1 Å². The van der Waals surface area contributed by atoms with E-state index in [1.165, 1.54) is 19.4 Å². The highest BCUT2D eigenvalue weighted by molar-refractivity contribution is 5.65. The third-order valence-corrected chi connectivity index (χ3v) is 3.71. The number of benzene rings is 1. The lowest BCUT2D eigenvalue weighted by Crippen LogP contribution is -2.23. The van der Waals surface area contributed by atoms with E-state index in [1.54, 1.807) is 13.1 Å². The number of nitrogens with zero attached hydrogens (tertiary/aromatic N) is 2. The van der Waals surface area contributed by atoms with Crippen LogP contribution in [0.2, 0.25) is 0 Å². The number of carbonyl (C=O) groups is 1. The van der Waals surface area contributed by atoms with E-state index in [1.807, 2.05) is 4.90 Å². The number of aromatic nitrogens is 1. The Balaban J connectivity index is 2.29. The summed E-state index contributed by atoms with van der Waals surface area (Å²) in [6.07, 6.45) is -3.60. The molecule has 0 amide bonds. The van der Waals surface area contributed by atoms with Crippen LogP contribution in [0.4, 0.5) is 17.6 Å². The second-order valence-corrected chi connectivity index (χ2v) is 5.79. The molecule has 1 heterocycles. The Labute approximate surface area is 158 Å². The molecule has 0 aliphatic heterocycles. The van der Waals surface area contributed by atoms with E-state index in [9.17, 15) is 22.4 Å². The van der Waals surface area contributed by atoms with Crippen molar-refractivity contribution in [3.8, 4) is 22.8 Å². The molecule has 0 spiro atoms. The van der Waals surface area contributed by atoms with Gasteiger partial charge < -0.3 is 14.2 Å². The number of alkyl halides is 3. The summed E-state index contributed by atoms with van der Waals surface area (Å²) in [6.45, 7) is 1.38. The van der Waals surface area contributed by atoms with Gasteiger partial charge in [0.1, 0.15) is 6.61 Å². The van der Waals surface area contributed by atoms with Crippen molar-refractivity contribution in [2.24, 2.45) is 0 Å². The molecule has 28 heavy (non-hydrogen) atoms. The lowest BCUT2D eigenvalue weighted by Gasteiger charge is -2.18. The van der Waals surface area contributed by atoms with Gasteiger partial charge in [-0.1, -0.05) is 6.07 Å². The standard InChI is InChI=1S/C18H18F4N2O4/c1-24(5-6-27-11-25)10-14-7-13(9-23-17(14)26-2)12-3-4-15(19)16(8-12)28-18(20,21)22/h3-4,7-9,11H,5-6,10H2,1-2H3. The molecule has 10 heteroatoms. The van der Waals surface area contributed by atoms with Gasteiger partial charge in [0.2, 0.25) is 5.88 Å². The average molecular weight is 402 g/mol. The molecule has 0 radical (unpaired) electrons. The molecule has 0 bridgehead atoms. The van der Waals surface area contributed by atoms with E-state index in [-0.39, 0.29) is 6.61 Å². The van der Waals surface area contributed by atoms with Gasteiger partial charge in [0, 0.05) is 30.4 Å². The third kappa shape index (κ3) is 6.08. The first-order chi connectivity index (χ1) is 13.2. The highest BCUT2D eigenvalue weighted by Gasteiger charge is 2.32. The molecule has 2 aromatic rings. The smallest absolute Gasteiger partial charge is 0.481 e. The minimum Gasteiger partial charge on any atom is -0.481 e. The first-order valence-electron chi connectivity index (χ1n) is 8.06. The lowest BCUT2D eigenvalue weighted by atomic mass is 10.0. The van der Waals surface area contributed by atoms with Crippen LogP contribution >= 0.6 is 0 Å². The van der Waals surface area contributed by atoms with Gasteiger partial charge in [0.15, 0.2) is 11.6 Å². The van der Waals surface area contributed by atoms with Crippen molar-refractivity contribution >= 4 is 6.47 Å². The SMILES string of the molecule is COc1ncc(-c2ccc(F)c(OC(F)(F)F)c2)cc1CN(C)CCOC=O. The van der Waals surface area contributed by atoms with E-state index >= 15 is 0 Å². The van der Waals surface area contributed by atoms with Crippen LogP contribution in [0.1, 0.15) is 5.56 Å². The highest BCUT2D eigenvalue weighted by atomic mass is 19.4. The van der Waals surface area contributed by atoms with Crippen LogP contribution in [0.3, 0.4) is 0 Å². The minimum absolute atomic E-state index is 0.200. The summed E-state index contributed by atoms with van der Waals surface area (Å²) in [6, 6.07) is 4.85. The molecule has 0 aliphatic rings. The van der Waals surface area contributed by atoms with Crippen LogP contribution in [-0.2, 0) is 16.1 Å². The fourth-order valence-electron chi connectivity index (χ4n) is 2.47. The number of halogens is 4. The summed E-state index contributed by atoms with van der Waals surface area (Å²) in [5.74, 6) is -1.72. The van der Waals surface area contributed by atoms with Gasteiger partial charge >= 0.3 is 6.36 Å². The number of pyridine rings is 1. The molecule has 6 nitrogen and oxygen atoms in total. The highest BCUT2D eigenvalue weighted by Crippen LogP contribution is 2.32. The summed E-state index contributed by atoms with van der Waals surface area (Å²) >= 11 is 0. The zero-order valence-electron chi connectivity index (χ0n) is 15.1. The van der Waals surface area contributed by atoms with Crippen molar-refractivity contribution < 1.29 is 36.6 Å². The summed E-state index contributed by atoms with van der Waals surface area (Å²) in [4.78, 5) is 16.2. The van der Waals surface area contributed by atoms with Gasteiger partial charge in [-0.3, -0.25) is 9.69 Å². The predicted octanol–water partition coefficient (Wildman–Crippen LogP) is 3.40. The number of hydrogen-bond acceptors (Lipinski definition) is 6. The van der Waals surface area contributed by atoms with Crippen LogP contribution in [0.25, 0.3) is 11.1 Å². The van der Waals surface area contributed by atoms with Gasteiger partial charge in [-0.25, -0.2) is 9.37 Å². The van der Waals surface area contributed by atoms with Crippen LogP contribution in [0, 0.1) is 5.82 Å². The molecule has 0 saturated carbocycles.